The molecule has 136 valence electrons. The number of amidine groups is 1. The molecule has 0 spiro atoms. The minimum absolute atomic E-state index is 0.0837. The van der Waals surface area contributed by atoms with Gasteiger partial charge in [0.2, 0.25) is 0 Å². The molecule has 3 rings (SSSR count). The van der Waals surface area contributed by atoms with Crippen molar-refractivity contribution in [2.45, 2.75) is 50.2 Å². The van der Waals surface area contributed by atoms with Crippen molar-refractivity contribution < 1.29 is 17.9 Å². The number of fused-ring (bicyclic) bond motifs is 1. The Labute approximate surface area is 148 Å². The molecule has 1 aromatic rings. The van der Waals surface area contributed by atoms with Gasteiger partial charge in [0.15, 0.2) is 0 Å². The van der Waals surface area contributed by atoms with Crippen LogP contribution in [0.15, 0.2) is 34.2 Å². The van der Waals surface area contributed by atoms with Crippen molar-refractivity contribution in [2.75, 3.05) is 13.1 Å². The smallest absolute Gasteiger partial charge is 0.410 e. The molecule has 8 heteroatoms. The highest BCUT2D eigenvalue weighted by molar-refractivity contribution is 7.90. The zero-order chi connectivity index (χ0) is 18.2. The van der Waals surface area contributed by atoms with Gasteiger partial charge in [0.1, 0.15) is 11.4 Å². The molecular weight excluding hydrogens is 342 g/mol. The number of hydrogen-bond acceptors (Lipinski definition) is 5. The molecule has 1 N–H and O–H groups in total. The molecule has 1 fully saturated rings. The fourth-order valence-electron chi connectivity index (χ4n) is 3.03. The molecule has 2 aliphatic rings. The Balaban J connectivity index is 1.75. The van der Waals surface area contributed by atoms with Gasteiger partial charge >= 0.3 is 6.09 Å². The zero-order valence-corrected chi connectivity index (χ0v) is 15.5. The van der Waals surface area contributed by atoms with Gasteiger partial charge in [-0.3, -0.25) is 9.71 Å². The first kappa shape index (κ1) is 17.7. The lowest BCUT2D eigenvalue weighted by atomic mass is 10.2. The number of nitrogens with zero attached hydrogens (tertiary/aromatic N) is 2. The largest absolute Gasteiger partial charge is 0.444 e. The van der Waals surface area contributed by atoms with Crippen molar-refractivity contribution in [2.24, 2.45) is 4.99 Å². The maximum Gasteiger partial charge on any atom is 0.410 e. The van der Waals surface area contributed by atoms with Gasteiger partial charge in [-0.1, -0.05) is 12.1 Å². The average Bonchev–Trinajstić information content (AvgIpc) is 3.07. The standard InChI is InChI=1S/C17H23N3O4S/c1-17(2,3)24-16(21)20-10-6-7-12(20)11-18-15-13-8-4-5-9-14(13)25(22,23)19-15/h4-5,8-9,12H,6-7,10-11H2,1-3H3,(H,18,19). The average molecular weight is 365 g/mol. The third-order valence-corrected chi connectivity index (χ3v) is 5.53. The van der Waals surface area contributed by atoms with Crippen LogP contribution < -0.4 is 4.72 Å². The van der Waals surface area contributed by atoms with Gasteiger partial charge in [-0.25, -0.2) is 13.2 Å². The summed E-state index contributed by atoms with van der Waals surface area (Å²) in [6, 6.07) is 6.66. The number of benzene rings is 1. The predicted molar refractivity (Wildman–Crippen MR) is 94.1 cm³/mol. The first-order chi connectivity index (χ1) is 11.7. The van der Waals surface area contributed by atoms with E-state index >= 15 is 0 Å². The topological polar surface area (TPSA) is 88.1 Å². The predicted octanol–water partition coefficient (Wildman–Crippen LogP) is 2.12. The van der Waals surface area contributed by atoms with E-state index in [0.717, 1.165) is 12.8 Å². The lowest BCUT2D eigenvalue weighted by molar-refractivity contribution is 0.0232. The molecule has 1 amide bonds. The molecule has 1 unspecified atom stereocenters. The van der Waals surface area contributed by atoms with Gasteiger partial charge in [0.05, 0.1) is 17.5 Å². The summed E-state index contributed by atoms with van der Waals surface area (Å²) in [6.45, 7) is 6.47. The van der Waals surface area contributed by atoms with Gasteiger partial charge in [0, 0.05) is 12.1 Å². The number of likely N-dealkylation sites (tertiary alicyclic amines) is 1. The molecule has 1 atom stereocenters. The summed E-state index contributed by atoms with van der Waals surface area (Å²) in [5, 5.41) is 0. The van der Waals surface area contributed by atoms with E-state index in [0.29, 0.717) is 24.5 Å². The SMILES string of the molecule is CC(C)(C)OC(=O)N1CCCC1CN=C1NS(=O)(=O)c2ccccc21. The van der Waals surface area contributed by atoms with Crippen LogP contribution in [0.3, 0.4) is 0 Å². The summed E-state index contributed by atoms with van der Waals surface area (Å²) < 4.78 is 32.2. The van der Waals surface area contributed by atoms with E-state index < -0.39 is 15.6 Å². The van der Waals surface area contributed by atoms with Crippen LogP contribution in [0.2, 0.25) is 0 Å². The molecule has 0 radical (unpaired) electrons. The second kappa shape index (κ2) is 6.33. The number of rotatable bonds is 2. The number of amides is 1. The lowest BCUT2D eigenvalue weighted by Crippen LogP contribution is -2.41. The van der Waals surface area contributed by atoms with Crippen LogP contribution in [0.25, 0.3) is 0 Å². The second-order valence-electron chi connectivity index (χ2n) is 7.26. The third-order valence-electron chi connectivity index (χ3n) is 4.13. The number of ether oxygens (including phenoxy) is 1. The van der Waals surface area contributed by atoms with Crippen LogP contribution >= 0.6 is 0 Å². The summed E-state index contributed by atoms with van der Waals surface area (Å²) in [6.07, 6.45) is 1.37. The van der Waals surface area contributed by atoms with Crippen LogP contribution in [0, 0.1) is 0 Å². The molecule has 25 heavy (non-hydrogen) atoms. The molecule has 7 nitrogen and oxygen atoms in total. The minimum Gasteiger partial charge on any atom is -0.444 e. The van der Waals surface area contributed by atoms with E-state index in [2.05, 4.69) is 9.71 Å². The number of aliphatic imine (C=N–C) groups is 1. The van der Waals surface area contributed by atoms with E-state index in [1.54, 1.807) is 29.2 Å². The fourth-order valence-corrected chi connectivity index (χ4v) is 4.29. The van der Waals surface area contributed by atoms with Gasteiger partial charge in [0.25, 0.3) is 10.0 Å². The Morgan fingerprint density at radius 3 is 2.80 bits per heavy atom. The van der Waals surface area contributed by atoms with Gasteiger partial charge in [-0.05, 0) is 45.7 Å². The third kappa shape index (κ3) is 3.78. The molecule has 2 aliphatic heterocycles. The highest BCUT2D eigenvalue weighted by Gasteiger charge is 2.34. The molecule has 0 bridgehead atoms. The van der Waals surface area contributed by atoms with Crippen molar-refractivity contribution in [3.63, 3.8) is 0 Å². The Morgan fingerprint density at radius 1 is 1.36 bits per heavy atom. The fraction of sp³-hybridized carbons (Fsp3) is 0.529. The van der Waals surface area contributed by atoms with Gasteiger partial charge in [-0.15, -0.1) is 0 Å². The van der Waals surface area contributed by atoms with E-state index in [-0.39, 0.29) is 17.0 Å². The molecule has 2 heterocycles. The quantitative estimate of drug-likeness (QED) is 0.869. The number of nitrogens with one attached hydrogen (secondary N) is 1. The van der Waals surface area contributed by atoms with Crippen LogP contribution in [-0.4, -0.2) is 50.0 Å². The Morgan fingerprint density at radius 2 is 2.08 bits per heavy atom. The number of sulfonamides is 1. The summed E-state index contributed by atoms with van der Waals surface area (Å²) in [7, 11) is -3.54. The Hall–Kier alpha value is -2.09. The van der Waals surface area contributed by atoms with E-state index in [9.17, 15) is 13.2 Å². The van der Waals surface area contributed by atoms with Crippen LogP contribution in [0.5, 0.6) is 0 Å². The van der Waals surface area contributed by atoms with Crippen molar-refractivity contribution in [3.05, 3.63) is 29.8 Å². The Bertz CT molecular complexity index is 811. The summed E-state index contributed by atoms with van der Waals surface area (Å²) in [4.78, 5) is 18.7. The van der Waals surface area contributed by atoms with Gasteiger partial charge < -0.3 is 9.64 Å². The maximum atomic E-state index is 12.3. The number of carbonyl (C=O) groups excluding carboxylic acids is 1. The number of hydrogen-bond donors (Lipinski definition) is 1. The van der Waals surface area contributed by atoms with Crippen molar-refractivity contribution >= 4 is 22.0 Å². The molecular formula is C17H23N3O4S. The monoisotopic (exact) mass is 365 g/mol. The zero-order valence-electron chi connectivity index (χ0n) is 14.7. The van der Waals surface area contributed by atoms with Gasteiger partial charge in [-0.2, -0.15) is 0 Å². The first-order valence-electron chi connectivity index (χ1n) is 8.34. The highest BCUT2D eigenvalue weighted by atomic mass is 32.2. The molecule has 0 saturated carbocycles. The molecule has 1 aromatic carbocycles. The highest BCUT2D eigenvalue weighted by Crippen LogP contribution is 2.24. The van der Waals surface area contributed by atoms with E-state index in [1.807, 2.05) is 20.8 Å². The van der Waals surface area contributed by atoms with Crippen LogP contribution in [-0.2, 0) is 14.8 Å². The molecule has 0 aromatic heterocycles. The van der Waals surface area contributed by atoms with Crippen LogP contribution in [0.1, 0.15) is 39.2 Å². The van der Waals surface area contributed by atoms with Crippen molar-refractivity contribution in [3.8, 4) is 0 Å². The van der Waals surface area contributed by atoms with E-state index in [4.69, 9.17) is 4.74 Å². The minimum atomic E-state index is -3.54. The normalized spacial score (nSPS) is 23.4. The second-order valence-corrected chi connectivity index (χ2v) is 8.91. The molecule has 0 aliphatic carbocycles. The van der Waals surface area contributed by atoms with Crippen LogP contribution in [0.4, 0.5) is 4.79 Å². The lowest BCUT2D eigenvalue weighted by Gasteiger charge is -2.28. The van der Waals surface area contributed by atoms with E-state index in [1.165, 1.54) is 0 Å². The maximum absolute atomic E-state index is 12.3. The van der Waals surface area contributed by atoms with Crippen molar-refractivity contribution in [1.29, 1.82) is 0 Å². The first-order valence-corrected chi connectivity index (χ1v) is 9.82. The summed E-state index contributed by atoms with van der Waals surface area (Å²) in [5.41, 5.74) is 0.0279. The summed E-state index contributed by atoms with van der Waals surface area (Å²) in [5.74, 6) is 0.339. The molecule has 1 saturated heterocycles. The van der Waals surface area contributed by atoms with Crippen molar-refractivity contribution in [1.82, 2.24) is 9.62 Å². The summed E-state index contributed by atoms with van der Waals surface area (Å²) >= 11 is 0. The Kier molecular flexibility index (Phi) is 4.49. The number of carbonyl (C=O) groups is 1.